The summed E-state index contributed by atoms with van der Waals surface area (Å²) >= 11 is 0. The molecular weight excluding hydrogens is 364 g/mol. The van der Waals surface area contributed by atoms with E-state index in [4.69, 9.17) is 4.74 Å². The van der Waals surface area contributed by atoms with Crippen molar-refractivity contribution >= 4 is 15.9 Å². The quantitative estimate of drug-likeness (QED) is 0.787. The monoisotopic (exact) mass is 394 g/mol. The van der Waals surface area contributed by atoms with Crippen LogP contribution in [0.2, 0.25) is 0 Å². The van der Waals surface area contributed by atoms with Gasteiger partial charge in [0, 0.05) is 26.2 Å². The maximum absolute atomic E-state index is 13.1. The second kappa shape index (κ2) is 8.19. The number of carbonyl (C=O) groups excluding carboxylic acids is 1. The number of benzene rings is 1. The highest BCUT2D eigenvalue weighted by atomic mass is 32.2. The zero-order valence-electron chi connectivity index (χ0n) is 16.5. The number of carbonyl (C=O) groups is 1. The van der Waals surface area contributed by atoms with Crippen molar-refractivity contribution in [3.8, 4) is 5.75 Å². The highest BCUT2D eigenvalue weighted by Gasteiger charge is 2.30. The fourth-order valence-electron chi connectivity index (χ4n) is 3.93. The van der Waals surface area contributed by atoms with E-state index in [2.05, 4.69) is 13.8 Å². The van der Waals surface area contributed by atoms with Gasteiger partial charge in [0.2, 0.25) is 10.0 Å². The van der Waals surface area contributed by atoms with Crippen LogP contribution < -0.4 is 4.74 Å². The molecule has 1 atom stereocenters. The van der Waals surface area contributed by atoms with Crippen molar-refractivity contribution in [1.82, 2.24) is 9.21 Å². The molecule has 6 nitrogen and oxygen atoms in total. The highest BCUT2D eigenvalue weighted by molar-refractivity contribution is 7.89. The Balaban J connectivity index is 1.90. The van der Waals surface area contributed by atoms with Crippen molar-refractivity contribution in [1.29, 1.82) is 0 Å². The number of methoxy groups -OCH3 is 1. The fourth-order valence-corrected chi connectivity index (χ4v) is 5.43. The summed E-state index contributed by atoms with van der Waals surface area (Å²) in [5, 5.41) is 0. The summed E-state index contributed by atoms with van der Waals surface area (Å²) in [4.78, 5) is 15.0. The molecule has 1 aromatic carbocycles. The molecule has 0 aliphatic carbocycles. The smallest absolute Gasteiger partial charge is 0.257 e. The second-order valence-electron chi connectivity index (χ2n) is 7.95. The molecule has 150 valence electrons. The van der Waals surface area contributed by atoms with Gasteiger partial charge in [-0.3, -0.25) is 4.79 Å². The molecule has 0 saturated carbocycles. The molecule has 27 heavy (non-hydrogen) atoms. The van der Waals surface area contributed by atoms with Gasteiger partial charge in [0.15, 0.2) is 0 Å². The molecule has 0 bridgehead atoms. The molecule has 2 aliphatic rings. The summed E-state index contributed by atoms with van der Waals surface area (Å²) < 4.78 is 33.0. The average molecular weight is 395 g/mol. The van der Waals surface area contributed by atoms with Crippen LogP contribution in [0.3, 0.4) is 0 Å². The van der Waals surface area contributed by atoms with E-state index in [-0.39, 0.29) is 10.8 Å². The van der Waals surface area contributed by atoms with E-state index in [9.17, 15) is 13.2 Å². The molecule has 1 aromatic rings. The first-order chi connectivity index (χ1) is 12.8. The van der Waals surface area contributed by atoms with Crippen LogP contribution in [-0.2, 0) is 10.0 Å². The molecular formula is C20H30N2O4S. The van der Waals surface area contributed by atoms with E-state index >= 15 is 0 Å². The Bertz CT molecular complexity index is 785. The number of hydrogen-bond donors (Lipinski definition) is 0. The number of amides is 1. The van der Waals surface area contributed by atoms with E-state index in [0.717, 1.165) is 25.7 Å². The lowest BCUT2D eigenvalue weighted by molar-refractivity contribution is 0.0679. The lowest BCUT2D eigenvalue weighted by Gasteiger charge is -2.32. The normalized spacial score (nSPS) is 22.6. The van der Waals surface area contributed by atoms with E-state index in [1.807, 2.05) is 4.90 Å². The lowest BCUT2D eigenvalue weighted by Crippen LogP contribution is -2.40. The number of likely N-dealkylation sites (tertiary alicyclic amines) is 1. The first-order valence-corrected chi connectivity index (χ1v) is 11.2. The van der Waals surface area contributed by atoms with Crippen LogP contribution in [0.1, 0.15) is 49.9 Å². The molecule has 2 aliphatic heterocycles. The van der Waals surface area contributed by atoms with Crippen molar-refractivity contribution in [2.45, 2.75) is 44.4 Å². The van der Waals surface area contributed by atoms with Crippen LogP contribution in [0.15, 0.2) is 23.1 Å². The number of piperidine rings is 2. The second-order valence-corrected chi connectivity index (χ2v) is 9.89. The summed E-state index contributed by atoms with van der Waals surface area (Å²) in [6, 6.07) is 4.63. The van der Waals surface area contributed by atoms with Crippen LogP contribution in [-0.4, -0.2) is 56.8 Å². The van der Waals surface area contributed by atoms with Crippen molar-refractivity contribution in [2.24, 2.45) is 11.8 Å². The standard InChI is InChI=1S/C20H30N2O4S/c1-15-8-11-22(12-9-15)27(24,25)17-6-7-19(26-3)18(13-17)20(23)21-10-4-5-16(2)14-21/h6-7,13,15-16H,4-5,8-12,14H2,1-3H3/t16-/m1/s1. The molecule has 2 heterocycles. The van der Waals surface area contributed by atoms with Gasteiger partial charge in [0.1, 0.15) is 5.75 Å². The fraction of sp³-hybridized carbons (Fsp3) is 0.650. The molecule has 7 heteroatoms. The van der Waals surface area contributed by atoms with Gasteiger partial charge < -0.3 is 9.64 Å². The Labute approximate surface area is 162 Å². The zero-order valence-corrected chi connectivity index (χ0v) is 17.3. The summed E-state index contributed by atoms with van der Waals surface area (Å²) in [5.41, 5.74) is 0.332. The van der Waals surface area contributed by atoms with E-state index in [1.54, 1.807) is 12.1 Å². The van der Waals surface area contributed by atoms with Gasteiger partial charge in [-0.1, -0.05) is 13.8 Å². The third-order valence-electron chi connectivity index (χ3n) is 5.73. The SMILES string of the molecule is COc1ccc(S(=O)(=O)N2CCC(C)CC2)cc1C(=O)N1CCC[C@@H](C)C1. The third-order valence-corrected chi connectivity index (χ3v) is 7.62. The molecule has 0 N–H and O–H groups in total. The predicted octanol–water partition coefficient (Wildman–Crippen LogP) is 2.99. The Morgan fingerprint density at radius 3 is 2.41 bits per heavy atom. The van der Waals surface area contributed by atoms with E-state index < -0.39 is 10.0 Å². The van der Waals surface area contributed by atoms with Gasteiger partial charge in [-0.25, -0.2) is 8.42 Å². The van der Waals surface area contributed by atoms with Gasteiger partial charge in [0.05, 0.1) is 17.6 Å². The largest absolute Gasteiger partial charge is 0.496 e. The summed E-state index contributed by atoms with van der Waals surface area (Å²) in [7, 11) is -2.10. The number of rotatable bonds is 4. The van der Waals surface area contributed by atoms with Gasteiger partial charge in [-0.2, -0.15) is 4.31 Å². The van der Waals surface area contributed by atoms with Gasteiger partial charge >= 0.3 is 0 Å². The molecule has 0 aromatic heterocycles. The van der Waals surface area contributed by atoms with Crippen molar-refractivity contribution in [2.75, 3.05) is 33.3 Å². The first kappa shape index (κ1) is 20.1. The summed E-state index contributed by atoms with van der Waals surface area (Å²) in [5.74, 6) is 1.27. The third kappa shape index (κ3) is 4.29. The zero-order chi connectivity index (χ0) is 19.6. The van der Waals surface area contributed by atoms with Crippen LogP contribution in [0.5, 0.6) is 5.75 Å². The number of hydrogen-bond acceptors (Lipinski definition) is 4. The van der Waals surface area contributed by atoms with Gasteiger partial charge in [0.25, 0.3) is 5.91 Å². The molecule has 0 spiro atoms. The predicted molar refractivity (Wildman–Crippen MR) is 104 cm³/mol. The van der Waals surface area contributed by atoms with Crippen LogP contribution in [0.25, 0.3) is 0 Å². The minimum absolute atomic E-state index is 0.150. The Morgan fingerprint density at radius 2 is 1.78 bits per heavy atom. The van der Waals surface area contributed by atoms with E-state index in [0.29, 0.717) is 49.3 Å². The van der Waals surface area contributed by atoms with Crippen molar-refractivity contribution < 1.29 is 17.9 Å². The number of ether oxygens (including phenoxy) is 1. The first-order valence-electron chi connectivity index (χ1n) is 9.80. The van der Waals surface area contributed by atoms with Crippen LogP contribution in [0.4, 0.5) is 0 Å². The maximum atomic E-state index is 13.1. The lowest BCUT2D eigenvalue weighted by atomic mass is 9.99. The molecule has 2 fully saturated rings. The van der Waals surface area contributed by atoms with Crippen molar-refractivity contribution in [3.05, 3.63) is 23.8 Å². The van der Waals surface area contributed by atoms with Gasteiger partial charge in [-0.15, -0.1) is 0 Å². The Hall–Kier alpha value is -1.60. The Morgan fingerprint density at radius 1 is 1.07 bits per heavy atom. The minimum atomic E-state index is -3.60. The maximum Gasteiger partial charge on any atom is 0.257 e. The molecule has 0 unspecified atom stereocenters. The summed E-state index contributed by atoms with van der Waals surface area (Å²) in [6.07, 6.45) is 3.82. The summed E-state index contributed by atoms with van der Waals surface area (Å²) in [6.45, 7) is 6.74. The molecule has 1 amide bonds. The van der Waals surface area contributed by atoms with E-state index in [1.165, 1.54) is 17.5 Å². The number of sulfonamides is 1. The molecule has 2 saturated heterocycles. The van der Waals surface area contributed by atoms with Crippen LogP contribution in [0, 0.1) is 11.8 Å². The highest BCUT2D eigenvalue weighted by Crippen LogP contribution is 2.29. The molecule has 0 radical (unpaired) electrons. The van der Waals surface area contributed by atoms with Gasteiger partial charge in [-0.05, 0) is 55.7 Å². The topological polar surface area (TPSA) is 66.9 Å². The average Bonchev–Trinajstić information content (AvgIpc) is 2.67. The van der Waals surface area contributed by atoms with Crippen LogP contribution >= 0.6 is 0 Å². The van der Waals surface area contributed by atoms with Crippen molar-refractivity contribution in [3.63, 3.8) is 0 Å². The number of nitrogens with zero attached hydrogens (tertiary/aromatic N) is 2. The molecule has 3 rings (SSSR count). The minimum Gasteiger partial charge on any atom is -0.496 e. The Kier molecular flexibility index (Phi) is 6.11.